The van der Waals surface area contributed by atoms with E-state index in [1.165, 1.54) is 10.6 Å². The van der Waals surface area contributed by atoms with Crippen molar-refractivity contribution in [2.75, 3.05) is 44.4 Å². The Morgan fingerprint density at radius 2 is 1.95 bits per heavy atom. The van der Waals surface area contributed by atoms with Gasteiger partial charge in [-0.25, -0.2) is 18.4 Å². The Bertz CT molecular complexity index is 573. The summed E-state index contributed by atoms with van der Waals surface area (Å²) in [6, 6.07) is 1.68. The molecule has 1 aromatic heterocycles. The average Bonchev–Trinajstić information content (AvgIpc) is 2.37. The highest BCUT2D eigenvalue weighted by Gasteiger charge is 2.24. The van der Waals surface area contributed by atoms with E-state index in [1.54, 1.807) is 13.2 Å². The highest BCUT2D eigenvalue weighted by atomic mass is 35.5. The lowest BCUT2D eigenvalue weighted by atomic mass is 10.3. The van der Waals surface area contributed by atoms with Crippen molar-refractivity contribution in [1.82, 2.24) is 14.3 Å². The Kier molecular flexibility index (Phi) is 4.79. The fraction of sp³-hybridized carbons (Fsp3) is 0.636. The van der Waals surface area contributed by atoms with E-state index in [2.05, 4.69) is 9.97 Å². The number of methoxy groups -OCH3 is 1. The van der Waals surface area contributed by atoms with Gasteiger partial charge in [0, 0.05) is 39.4 Å². The Morgan fingerprint density at radius 1 is 1.30 bits per heavy atom. The van der Waals surface area contributed by atoms with Gasteiger partial charge in [-0.1, -0.05) is 11.6 Å². The van der Waals surface area contributed by atoms with Gasteiger partial charge in [0.15, 0.2) is 5.82 Å². The normalized spacial score (nSPS) is 17.4. The third-order valence-corrected chi connectivity index (χ3v) is 4.53. The molecule has 20 heavy (non-hydrogen) atoms. The number of nitrogens with zero attached hydrogens (tertiary/aromatic N) is 4. The van der Waals surface area contributed by atoms with Crippen molar-refractivity contribution in [3.63, 3.8) is 0 Å². The predicted molar refractivity (Wildman–Crippen MR) is 76.4 cm³/mol. The van der Waals surface area contributed by atoms with Gasteiger partial charge in [0.2, 0.25) is 10.0 Å². The number of hydrogen-bond donors (Lipinski definition) is 0. The maximum Gasteiger partial charge on any atom is 0.211 e. The summed E-state index contributed by atoms with van der Waals surface area (Å²) in [5.74, 6) is 1.21. The number of rotatable bonds is 4. The van der Waals surface area contributed by atoms with E-state index >= 15 is 0 Å². The lowest BCUT2D eigenvalue weighted by Crippen LogP contribution is -2.48. The van der Waals surface area contributed by atoms with Crippen LogP contribution in [-0.2, 0) is 21.4 Å². The summed E-state index contributed by atoms with van der Waals surface area (Å²) >= 11 is 5.97. The van der Waals surface area contributed by atoms with E-state index in [4.69, 9.17) is 16.3 Å². The second-order valence-electron chi connectivity index (χ2n) is 4.55. The lowest BCUT2D eigenvalue weighted by Gasteiger charge is -2.34. The monoisotopic (exact) mass is 320 g/mol. The quantitative estimate of drug-likeness (QED) is 0.746. The Balaban J connectivity index is 2.10. The molecule has 1 aliphatic heterocycles. The molecule has 9 heteroatoms. The van der Waals surface area contributed by atoms with Gasteiger partial charge in [0.25, 0.3) is 0 Å². The van der Waals surface area contributed by atoms with Crippen LogP contribution in [0.2, 0.25) is 5.15 Å². The molecule has 0 spiro atoms. The van der Waals surface area contributed by atoms with Gasteiger partial charge in [-0.2, -0.15) is 4.31 Å². The number of piperazine rings is 1. The molecule has 1 aromatic rings. The zero-order chi connectivity index (χ0) is 14.8. The molecule has 0 aliphatic carbocycles. The summed E-state index contributed by atoms with van der Waals surface area (Å²) in [7, 11) is -1.56. The molecular formula is C11H17ClN4O3S. The number of ether oxygens (including phenoxy) is 1. The van der Waals surface area contributed by atoms with Crippen LogP contribution in [0.25, 0.3) is 0 Å². The molecule has 0 bridgehead atoms. The molecule has 7 nitrogen and oxygen atoms in total. The number of sulfonamides is 1. The third kappa shape index (κ3) is 3.78. The minimum atomic E-state index is -3.13. The molecule has 2 rings (SSSR count). The average molecular weight is 321 g/mol. The van der Waals surface area contributed by atoms with Crippen molar-refractivity contribution >= 4 is 27.4 Å². The van der Waals surface area contributed by atoms with E-state index in [0.29, 0.717) is 43.0 Å². The van der Waals surface area contributed by atoms with Crippen LogP contribution < -0.4 is 4.90 Å². The van der Waals surface area contributed by atoms with Crippen molar-refractivity contribution in [3.8, 4) is 0 Å². The molecule has 1 fully saturated rings. The van der Waals surface area contributed by atoms with E-state index in [9.17, 15) is 8.42 Å². The zero-order valence-corrected chi connectivity index (χ0v) is 13.0. The lowest BCUT2D eigenvalue weighted by molar-refractivity contribution is 0.178. The molecule has 0 atom stereocenters. The molecule has 112 valence electrons. The molecular weight excluding hydrogens is 304 g/mol. The summed E-state index contributed by atoms with van der Waals surface area (Å²) in [4.78, 5) is 10.4. The van der Waals surface area contributed by atoms with Crippen molar-refractivity contribution in [2.24, 2.45) is 0 Å². The third-order valence-electron chi connectivity index (χ3n) is 3.03. The molecule has 0 aromatic carbocycles. The van der Waals surface area contributed by atoms with Crippen LogP contribution >= 0.6 is 11.6 Å². The van der Waals surface area contributed by atoms with Gasteiger partial charge in [-0.3, -0.25) is 0 Å². The topological polar surface area (TPSA) is 75.6 Å². The highest BCUT2D eigenvalue weighted by molar-refractivity contribution is 7.88. The summed E-state index contributed by atoms with van der Waals surface area (Å²) in [5.41, 5.74) is 0. The van der Waals surface area contributed by atoms with E-state index in [1.807, 2.05) is 4.90 Å². The first-order valence-corrected chi connectivity index (χ1v) is 8.35. The van der Waals surface area contributed by atoms with Crippen LogP contribution in [0.1, 0.15) is 5.82 Å². The molecule has 0 radical (unpaired) electrons. The van der Waals surface area contributed by atoms with Gasteiger partial charge in [-0.15, -0.1) is 0 Å². The summed E-state index contributed by atoms with van der Waals surface area (Å²) in [5, 5.41) is 0.354. The number of halogens is 1. The number of hydrogen-bond acceptors (Lipinski definition) is 6. The van der Waals surface area contributed by atoms with Crippen molar-refractivity contribution in [1.29, 1.82) is 0 Å². The molecule has 0 amide bonds. The number of anilines is 1. The standard InChI is InChI=1S/C11H17ClN4O3S/c1-19-8-10-13-9(12)7-11(14-10)15-3-5-16(6-4-15)20(2,17)18/h7H,3-6,8H2,1-2H3. The first-order chi connectivity index (χ1) is 9.40. The molecule has 0 unspecified atom stereocenters. The van der Waals surface area contributed by atoms with E-state index in [-0.39, 0.29) is 6.61 Å². The second kappa shape index (κ2) is 6.21. The Morgan fingerprint density at radius 3 is 2.50 bits per heavy atom. The van der Waals surface area contributed by atoms with E-state index < -0.39 is 10.0 Å². The summed E-state index contributed by atoms with van der Waals surface area (Å²) in [6.45, 7) is 2.33. The number of aromatic nitrogens is 2. The van der Waals surface area contributed by atoms with Crippen LogP contribution in [0.5, 0.6) is 0 Å². The Labute approximate surface area is 123 Å². The Hall–Kier alpha value is -0.960. The van der Waals surface area contributed by atoms with Crippen molar-refractivity contribution < 1.29 is 13.2 Å². The first kappa shape index (κ1) is 15.4. The maximum atomic E-state index is 11.5. The SMILES string of the molecule is COCc1nc(Cl)cc(N2CCN(S(C)(=O)=O)CC2)n1. The van der Waals surface area contributed by atoms with Gasteiger partial charge < -0.3 is 9.64 Å². The summed E-state index contributed by atoms with van der Waals surface area (Å²) < 4.78 is 29.4. The minimum absolute atomic E-state index is 0.289. The molecule has 0 saturated carbocycles. The van der Waals surface area contributed by atoms with Crippen LogP contribution in [0.4, 0.5) is 5.82 Å². The molecule has 1 aliphatic rings. The van der Waals surface area contributed by atoms with Crippen molar-refractivity contribution in [2.45, 2.75) is 6.61 Å². The van der Waals surface area contributed by atoms with Crippen molar-refractivity contribution in [3.05, 3.63) is 17.0 Å². The van der Waals surface area contributed by atoms with Crippen LogP contribution in [0.3, 0.4) is 0 Å². The predicted octanol–water partition coefficient (Wildman–Crippen LogP) is 0.358. The zero-order valence-electron chi connectivity index (χ0n) is 11.4. The smallest absolute Gasteiger partial charge is 0.211 e. The molecule has 1 saturated heterocycles. The van der Waals surface area contributed by atoms with Crippen LogP contribution in [0, 0.1) is 0 Å². The second-order valence-corrected chi connectivity index (χ2v) is 6.92. The maximum absolute atomic E-state index is 11.5. The first-order valence-electron chi connectivity index (χ1n) is 6.12. The van der Waals surface area contributed by atoms with Gasteiger partial charge in [0.1, 0.15) is 17.6 Å². The largest absolute Gasteiger partial charge is 0.377 e. The molecule has 0 N–H and O–H groups in total. The van der Waals surface area contributed by atoms with Gasteiger partial charge >= 0.3 is 0 Å². The van der Waals surface area contributed by atoms with Crippen LogP contribution in [-0.4, -0.2) is 62.2 Å². The van der Waals surface area contributed by atoms with Gasteiger partial charge in [0.05, 0.1) is 6.26 Å². The fourth-order valence-corrected chi connectivity index (χ4v) is 3.08. The molecule has 2 heterocycles. The highest BCUT2D eigenvalue weighted by Crippen LogP contribution is 2.19. The minimum Gasteiger partial charge on any atom is -0.377 e. The van der Waals surface area contributed by atoms with Gasteiger partial charge in [-0.05, 0) is 0 Å². The summed E-state index contributed by atoms with van der Waals surface area (Å²) in [6.07, 6.45) is 1.22. The fourth-order valence-electron chi connectivity index (χ4n) is 2.06. The van der Waals surface area contributed by atoms with Crippen LogP contribution in [0.15, 0.2) is 6.07 Å². The van der Waals surface area contributed by atoms with E-state index in [0.717, 1.165) is 0 Å².